The number of aromatic hydroxyl groups is 1. The molecule has 0 aliphatic carbocycles. The largest absolute Gasteiger partial charge is 0.508 e. The average molecular weight is 675 g/mol. The highest BCUT2D eigenvalue weighted by Gasteiger charge is 2.12. The molecule has 0 unspecified atom stereocenters. The standard InChI is InChI=1S/C38H46N2O7S/c39-48(44,45)35-14-8-10-29(25-35)11-9-23-46-22-7-3-1-2-6-21-40-27-37(42)33-18-19-36(41)34(26-33)28-47-38(43)20-16-30-15-17-31-12-4-5-13-32(31)24-30/h4-5,8,10,12-20,24-26,37,40-42H,1-3,6-7,9,11,21-23,27-28H2,(H2,39,44,45)/b20-16+/t37-/m0/s1. The molecule has 0 spiro atoms. The van der Waals surface area contributed by atoms with Crippen molar-refractivity contribution in [2.24, 2.45) is 5.14 Å². The number of esters is 1. The van der Waals surface area contributed by atoms with E-state index in [4.69, 9.17) is 14.6 Å². The maximum atomic E-state index is 12.3. The Morgan fingerprint density at radius 1 is 0.854 bits per heavy atom. The Labute approximate surface area is 283 Å². The number of phenols is 1. The number of unbranched alkanes of at least 4 members (excludes halogenated alkanes) is 4. The van der Waals surface area contributed by atoms with Gasteiger partial charge in [-0.05, 0) is 96.1 Å². The maximum Gasteiger partial charge on any atom is 0.331 e. The summed E-state index contributed by atoms with van der Waals surface area (Å²) in [6.45, 7) is 2.38. The third kappa shape index (κ3) is 12.5. The van der Waals surface area contributed by atoms with Crippen LogP contribution in [-0.4, -0.2) is 50.9 Å². The van der Waals surface area contributed by atoms with E-state index in [1.54, 1.807) is 30.3 Å². The fraction of sp³-hybridized carbons (Fsp3) is 0.342. The minimum atomic E-state index is -3.68. The van der Waals surface area contributed by atoms with Crippen LogP contribution < -0.4 is 10.5 Å². The average Bonchev–Trinajstić information content (AvgIpc) is 3.08. The van der Waals surface area contributed by atoms with E-state index in [9.17, 15) is 23.4 Å². The molecule has 0 aliphatic heterocycles. The van der Waals surface area contributed by atoms with E-state index in [-0.39, 0.29) is 17.3 Å². The predicted molar refractivity (Wildman–Crippen MR) is 189 cm³/mol. The maximum absolute atomic E-state index is 12.3. The highest BCUT2D eigenvalue weighted by atomic mass is 32.2. The number of rotatable bonds is 20. The number of benzene rings is 4. The van der Waals surface area contributed by atoms with Gasteiger partial charge in [0.25, 0.3) is 0 Å². The molecular formula is C38H46N2O7S. The Kier molecular flexibility index (Phi) is 14.6. The van der Waals surface area contributed by atoms with Crippen molar-refractivity contribution < 1.29 is 32.9 Å². The van der Waals surface area contributed by atoms with Crippen LogP contribution in [0.2, 0.25) is 0 Å². The van der Waals surface area contributed by atoms with Gasteiger partial charge in [0.2, 0.25) is 10.0 Å². The van der Waals surface area contributed by atoms with Crippen molar-refractivity contribution in [3.8, 4) is 5.75 Å². The molecule has 0 saturated heterocycles. The molecule has 4 rings (SSSR count). The summed E-state index contributed by atoms with van der Waals surface area (Å²) in [7, 11) is -3.68. The summed E-state index contributed by atoms with van der Waals surface area (Å²) >= 11 is 0. The Morgan fingerprint density at radius 3 is 2.46 bits per heavy atom. The number of nitrogens with one attached hydrogen (secondary N) is 1. The first-order valence-electron chi connectivity index (χ1n) is 16.4. The summed E-state index contributed by atoms with van der Waals surface area (Å²) in [6, 6.07) is 25.5. The van der Waals surface area contributed by atoms with Crippen molar-refractivity contribution in [3.63, 3.8) is 0 Å². The quantitative estimate of drug-likeness (QED) is 0.0494. The van der Waals surface area contributed by atoms with Crippen molar-refractivity contribution in [1.82, 2.24) is 5.32 Å². The number of carbonyl (C=O) groups excluding carboxylic acids is 1. The van der Waals surface area contributed by atoms with E-state index < -0.39 is 22.1 Å². The number of fused-ring (bicyclic) bond motifs is 1. The van der Waals surface area contributed by atoms with Gasteiger partial charge in [-0.25, -0.2) is 18.4 Å². The van der Waals surface area contributed by atoms with E-state index in [1.165, 1.54) is 18.2 Å². The van der Waals surface area contributed by atoms with Crippen LogP contribution in [0.3, 0.4) is 0 Å². The smallest absolute Gasteiger partial charge is 0.331 e. The number of aliphatic hydroxyl groups is 1. The molecule has 0 bridgehead atoms. The Morgan fingerprint density at radius 2 is 1.62 bits per heavy atom. The van der Waals surface area contributed by atoms with E-state index in [0.717, 1.165) is 73.4 Å². The van der Waals surface area contributed by atoms with Crippen molar-refractivity contribution in [1.29, 1.82) is 0 Å². The molecule has 5 N–H and O–H groups in total. The topological polar surface area (TPSA) is 148 Å². The Hall–Kier alpha value is -4.06. The van der Waals surface area contributed by atoms with Gasteiger partial charge in [-0.2, -0.15) is 0 Å². The molecule has 0 amide bonds. The molecule has 9 nitrogen and oxygen atoms in total. The third-order valence-electron chi connectivity index (χ3n) is 8.00. The first-order chi connectivity index (χ1) is 23.2. The van der Waals surface area contributed by atoms with E-state index in [1.807, 2.05) is 48.5 Å². The summed E-state index contributed by atoms with van der Waals surface area (Å²) in [6.07, 6.45) is 9.10. The fourth-order valence-electron chi connectivity index (χ4n) is 5.30. The lowest BCUT2D eigenvalue weighted by Gasteiger charge is -2.14. The second kappa shape index (κ2) is 19.1. The number of aliphatic hydroxyl groups excluding tert-OH is 1. The molecular weight excluding hydrogens is 628 g/mol. The SMILES string of the molecule is NS(=O)(=O)c1cccc(CCCOCCCCCCCNC[C@H](O)c2ccc(O)c(COC(=O)/C=C/c3ccc4ccccc4c3)c2)c1. The van der Waals surface area contributed by atoms with Gasteiger partial charge in [0.15, 0.2) is 0 Å². The van der Waals surface area contributed by atoms with Crippen LogP contribution in [0.15, 0.2) is 95.9 Å². The second-order valence-corrected chi connectivity index (χ2v) is 13.4. The lowest BCUT2D eigenvalue weighted by atomic mass is 10.1. The summed E-state index contributed by atoms with van der Waals surface area (Å²) in [5, 5.41) is 31.6. The molecule has 0 radical (unpaired) electrons. The summed E-state index contributed by atoms with van der Waals surface area (Å²) in [4.78, 5) is 12.5. The van der Waals surface area contributed by atoms with Gasteiger partial charge >= 0.3 is 5.97 Å². The number of nitrogens with two attached hydrogens (primary N) is 1. The highest BCUT2D eigenvalue weighted by Crippen LogP contribution is 2.23. The van der Waals surface area contributed by atoms with E-state index in [0.29, 0.717) is 30.9 Å². The lowest BCUT2D eigenvalue weighted by Crippen LogP contribution is -2.22. The molecule has 1 atom stereocenters. The van der Waals surface area contributed by atoms with E-state index in [2.05, 4.69) is 5.32 Å². The van der Waals surface area contributed by atoms with Crippen LogP contribution in [0.25, 0.3) is 16.8 Å². The van der Waals surface area contributed by atoms with Crippen LogP contribution >= 0.6 is 0 Å². The number of hydrogen-bond acceptors (Lipinski definition) is 8. The molecule has 256 valence electrons. The van der Waals surface area contributed by atoms with Crippen molar-refractivity contribution in [3.05, 3.63) is 113 Å². The third-order valence-corrected chi connectivity index (χ3v) is 8.92. The number of carbonyl (C=O) groups is 1. The van der Waals surface area contributed by atoms with Gasteiger partial charge in [0.1, 0.15) is 12.4 Å². The summed E-state index contributed by atoms with van der Waals surface area (Å²) in [5.74, 6) is -0.519. The minimum Gasteiger partial charge on any atom is -0.508 e. The summed E-state index contributed by atoms with van der Waals surface area (Å²) < 4.78 is 34.0. The number of aryl methyl sites for hydroxylation is 1. The van der Waals surface area contributed by atoms with Gasteiger partial charge in [0, 0.05) is 31.4 Å². The fourth-order valence-corrected chi connectivity index (χ4v) is 5.88. The molecule has 0 aliphatic rings. The zero-order valence-corrected chi connectivity index (χ0v) is 28.0. The first-order valence-corrected chi connectivity index (χ1v) is 18.0. The van der Waals surface area contributed by atoms with Crippen LogP contribution in [0, 0.1) is 0 Å². The second-order valence-electron chi connectivity index (χ2n) is 11.8. The van der Waals surface area contributed by atoms with Gasteiger partial charge in [-0.15, -0.1) is 0 Å². The van der Waals surface area contributed by atoms with Crippen LogP contribution in [0.1, 0.15) is 66.9 Å². The summed E-state index contributed by atoms with van der Waals surface area (Å²) in [5.41, 5.74) is 2.88. The minimum absolute atomic E-state index is 0.00347. The molecule has 4 aromatic carbocycles. The van der Waals surface area contributed by atoms with Gasteiger partial charge in [0.05, 0.1) is 11.0 Å². The molecule has 0 fully saturated rings. The number of sulfonamides is 1. The number of primary sulfonamides is 1. The molecule has 0 heterocycles. The zero-order chi connectivity index (χ0) is 34.2. The Balaban J connectivity index is 1.04. The van der Waals surface area contributed by atoms with Gasteiger partial charge in [-0.1, -0.05) is 73.9 Å². The molecule has 4 aromatic rings. The molecule has 0 saturated carbocycles. The van der Waals surface area contributed by atoms with Gasteiger partial charge in [-0.3, -0.25) is 0 Å². The first kappa shape index (κ1) is 36.8. The monoisotopic (exact) mass is 674 g/mol. The molecule has 0 aromatic heterocycles. The zero-order valence-electron chi connectivity index (χ0n) is 27.2. The molecule has 10 heteroatoms. The number of phenolic OH excluding ortho intramolecular Hbond substituents is 1. The lowest BCUT2D eigenvalue weighted by molar-refractivity contribution is -0.138. The van der Waals surface area contributed by atoms with Crippen molar-refractivity contribution >= 4 is 32.8 Å². The normalized spacial score (nSPS) is 12.5. The highest BCUT2D eigenvalue weighted by molar-refractivity contribution is 7.89. The number of ether oxygens (including phenoxy) is 2. The van der Waals surface area contributed by atoms with Gasteiger partial charge < -0.3 is 25.0 Å². The van der Waals surface area contributed by atoms with Crippen LogP contribution in [-0.2, 0) is 37.3 Å². The van der Waals surface area contributed by atoms with Crippen molar-refractivity contribution in [2.75, 3.05) is 26.3 Å². The van der Waals surface area contributed by atoms with Crippen LogP contribution in [0.5, 0.6) is 5.75 Å². The van der Waals surface area contributed by atoms with Crippen molar-refractivity contribution in [2.45, 2.75) is 62.6 Å². The number of hydrogen-bond donors (Lipinski definition) is 4. The van der Waals surface area contributed by atoms with E-state index >= 15 is 0 Å². The molecule has 48 heavy (non-hydrogen) atoms. The predicted octanol–water partition coefficient (Wildman–Crippen LogP) is 6.17. The Bertz CT molecular complexity index is 1760. The van der Waals surface area contributed by atoms with Crippen LogP contribution in [0.4, 0.5) is 0 Å².